The molecule has 0 spiro atoms. The summed E-state index contributed by atoms with van der Waals surface area (Å²) in [5, 5.41) is 4.85. The molecule has 1 fully saturated rings. The Morgan fingerprint density at radius 3 is 2.67 bits per heavy atom. The van der Waals surface area contributed by atoms with E-state index < -0.39 is 10.0 Å². The zero-order valence-corrected chi connectivity index (χ0v) is 14.9. The number of fused-ring (bicyclic) bond motifs is 1. The van der Waals surface area contributed by atoms with Crippen molar-refractivity contribution in [1.82, 2.24) is 10.0 Å². The van der Waals surface area contributed by atoms with Crippen molar-refractivity contribution in [3.8, 4) is 5.75 Å². The maximum absolute atomic E-state index is 12.9. The number of ether oxygens (including phenoxy) is 1. The lowest BCUT2D eigenvalue weighted by Crippen LogP contribution is -2.46. The van der Waals surface area contributed by atoms with Crippen LogP contribution >= 0.6 is 0 Å². The molecule has 2 unspecified atom stereocenters. The highest BCUT2D eigenvalue weighted by molar-refractivity contribution is 7.89. The molecule has 1 saturated heterocycles. The highest BCUT2D eigenvalue weighted by atomic mass is 32.2. The summed E-state index contributed by atoms with van der Waals surface area (Å²) in [5.41, 5.74) is 0. The number of piperidine rings is 1. The van der Waals surface area contributed by atoms with E-state index in [4.69, 9.17) is 4.74 Å². The fraction of sp³-hybridized carbons (Fsp3) is 0.444. The third-order valence-electron chi connectivity index (χ3n) is 4.38. The second kappa shape index (κ2) is 7.09. The van der Waals surface area contributed by atoms with Gasteiger partial charge in [0.2, 0.25) is 10.0 Å². The molecule has 1 aliphatic heterocycles. The summed E-state index contributed by atoms with van der Waals surface area (Å²) in [6.45, 7) is 5.37. The van der Waals surface area contributed by atoms with Crippen molar-refractivity contribution < 1.29 is 13.2 Å². The molecule has 0 aromatic heterocycles. The van der Waals surface area contributed by atoms with Crippen LogP contribution in [0.15, 0.2) is 41.3 Å². The molecule has 0 amide bonds. The van der Waals surface area contributed by atoms with E-state index >= 15 is 0 Å². The first-order valence-corrected chi connectivity index (χ1v) is 9.90. The second-order valence-electron chi connectivity index (χ2n) is 6.24. The van der Waals surface area contributed by atoms with Crippen molar-refractivity contribution >= 4 is 20.8 Å². The predicted octanol–water partition coefficient (Wildman–Crippen LogP) is 2.66. The van der Waals surface area contributed by atoms with Crippen LogP contribution in [0.4, 0.5) is 0 Å². The Morgan fingerprint density at radius 1 is 1.21 bits per heavy atom. The van der Waals surface area contributed by atoms with Crippen LogP contribution < -0.4 is 14.8 Å². The van der Waals surface area contributed by atoms with Gasteiger partial charge >= 0.3 is 0 Å². The van der Waals surface area contributed by atoms with Gasteiger partial charge < -0.3 is 10.1 Å². The minimum Gasteiger partial charge on any atom is -0.493 e. The minimum atomic E-state index is -3.57. The molecule has 0 aliphatic carbocycles. The van der Waals surface area contributed by atoms with Crippen LogP contribution in [-0.4, -0.2) is 33.7 Å². The summed E-state index contributed by atoms with van der Waals surface area (Å²) in [5.74, 6) is 0.711. The molecule has 5 nitrogen and oxygen atoms in total. The fourth-order valence-electron chi connectivity index (χ4n) is 3.28. The van der Waals surface area contributed by atoms with Crippen molar-refractivity contribution in [2.75, 3.05) is 13.2 Å². The molecule has 24 heavy (non-hydrogen) atoms. The largest absolute Gasteiger partial charge is 0.493 e. The first-order valence-electron chi connectivity index (χ1n) is 8.41. The van der Waals surface area contributed by atoms with E-state index in [0.29, 0.717) is 28.7 Å². The van der Waals surface area contributed by atoms with Crippen LogP contribution in [0.1, 0.15) is 26.7 Å². The van der Waals surface area contributed by atoms with Crippen LogP contribution in [0.3, 0.4) is 0 Å². The van der Waals surface area contributed by atoms with Crippen molar-refractivity contribution in [3.63, 3.8) is 0 Å². The summed E-state index contributed by atoms with van der Waals surface area (Å²) in [6.07, 6.45) is 1.60. The smallest absolute Gasteiger partial charge is 0.241 e. The lowest BCUT2D eigenvalue weighted by Gasteiger charge is -2.28. The van der Waals surface area contributed by atoms with E-state index in [-0.39, 0.29) is 6.04 Å². The number of benzene rings is 2. The molecule has 2 atom stereocenters. The van der Waals surface area contributed by atoms with Gasteiger partial charge in [-0.2, -0.15) is 0 Å². The summed E-state index contributed by atoms with van der Waals surface area (Å²) in [7, 11) is -3.57. The Morgan fingerprint density at radius 2 is 1.96 bits per heavy atom. The van der Waals surface area contributed by atoms with Gasteiger partial charge in [-0.1, -0.05) is 24.3 Å². The van der Waals surface area contributed by atoms with E-state index in [1.165, 1.54) is 0 Å². The second-order valence-corrected chi connectivity index (χ2v) is 7.92. The molecule has 1 heterocycles. The normalized spacial score (nSPS) is 21.8. The molecule has 2 aromatic carbocycles. The Bertz CT molecular complexity index is 820. The lowest BCUT2D eigenvalue weighted by atomic mass is 10.0. The van der Waals surface area contributed by atoms with Crippen LogP contribution in [0.25, 0.3) is 10.8 Å². The zero-order valence-electron chi connectivity index (χ0n) is 14.1. The van der Waals surface area contributed by atoms with Gasteiger partial charge in [-0.3, -0.25) is 0 Å². The standard InChI is InChI=1S/C18H24N2O3S/c1-3-23-17-8-9-18(16-7-5-4-6-15(16)17)24(21,22)20-14-10-11-19-13(2)12-14/h4-9,13-14,19-20H,3,10-12H2,1-2H3. The molecule has 0 radical (unpaired) electrons. The predicted molar refractivity (Wildman–Crippen MR) is 95.9 cm³/mol. The van der Waals surface area contributed by atoms with Crippen LogP contribution in [0.2, 0.25) is 0 Å². The van der Waals surface area contributed by atoms with E-state index in [0.717, 1.165) is 24.8 Å². The van der Waals surface area contributed by atoms with Gasteiger partial charge in [0, 0.05) is 22.9 Å². The lowest BCUT2D eigenvalue weighted by molar-refractivity contribution is 0.344. The molecule has 130 valence electrons. The average Bonchev–Trinajstić information content (AvgIpc) is 2.55. The third kappa shape index (κ3) is 3.55. The highest BCUT2D eigenvalue weighted by Gasteiger charge is 2.26. The number of hydrogen-bond donors (Lipinski definition) is 2. The van der Waals surface area contributed by atoms with E-state index in [1.54, 1.807) is 12.1 Å². The van der Waals surface area contributed by atoms with Gasteiger partial charge in [-0.05, 0) is 45.4 Å². The zero-order chi connectivity index (χ0) is 17.2. The molecule has 2 N–H and O–H groups in total. The van der Waals surface area contributed by atoms with Crippen molar-refractivity contribution in [3.05, 3.63) is 36.4 Å². The topological polar surface area (TPSA) is 67.4 Å². The van der Waals surface area contributed by atoms with Gasteiger partial charge in [-0.25, -0.2) is 13.1 Å². The minimum absolute atomic E-state index is 0.0309. The first kappa shape index (κ1) is 17.2. The van der Waals surface area contributed by atoms with Gasteiger partial charge in [0.15, 0.2) is 0 Å². The number of rotatable bonds is 5. The summed E-state index contributed by atoms with van der Waals surface area (Å²) in [4.78, 5) is 0.313. The maximum atomic E-state index is 12.9. The van der Waals surface area contributed by atoms with E-state index in [2.05, 4.69) is 17.0 Å². The fourth-order valence-corrected chi connectivity index (χ4v) is 4.78. The SMILES string of the molecule is CCOc1ccc(S(=O)(=O)NC2CCNC(C)C2)c2ccccc12. The number of hydrogen-bond acceptors (Lipinski definition) is 4. The van der Waals surface area contributed by atoms with Crippen molar-refractivity contribution in [2.45, 2.75) is 43.7 Å². The maximum Gasteiger partial charge on any atom is 0.241 e. The molecule has 3 rings (SSSR count). The van der Waals surface area contributed by atoms with Gasteiger partial charge in [-0.15, -0.1) is 0 Å². The molecule has 6 heteroatoms. The van der Waals surface area contributed by atoms with E-state index in [1.807, 2.05) is 31.2 Å². The van der Waals surface area contributed by atoms with E-state index in [9.17, 15) is 8.42 Å². The van der Waals surface area contributed by atoms with Crippen LogP contribution in [0, 0.1) is 0 Å². The summed E-state index contributed by atoms with van der Waals surface area (Å²) < 4.78 is 34.3. The average molecular weight is 348 g/mol. The molecular formula is C18H24N2O3S. The Kier molecular flexibility index (Phi) is 5.08. The van der Waals surface area contributed by atoms with Gasteiger partial charge in [0.05, 0.1) is 11.5 Å². The third-order valence-corrected chi connectivity index (χ3v) is 5.96. The molecule has 2 aromatic rings. The molecule has 1 aliphatic rings. The number of sulfonamides is 1. The molecular weight excluding hydrogens is 324 g/mol. The first-order chi connectivity index (χ1) is 11.5. The Balaban J connectivity index is 1.97. The summed E-state index contributed by atoms with van der Waals surface area (Å²) in [6, 6.07) is 11.1. The van der Waals surface area contributed by atoms with Gasteiger partial charge in [0.25, 0.3) is 0 Å². The van der Waals surface area contributed by atoms with Crippen LogP contribution in [-0.2, 0) is 10.0 Å². The quantitative estimate of drug-likeness (QED) is 0.872. The van der Waals surface area contributed by atoms with Crippen LogP contribution in [0.5, 0.6) is 5.75 Å². The Labute approximate surface area is 143 Å². The molecule has 0 saturated carbocycles. The summed E-state index contributed by atoms with van der Waals surface area (Å²) >= 11 is 0. The van der Waals surface area contributed by atoms with Gasteiger partial charge in [0.1, 0.15) is 5.75 Å². The Hall–Kier alpha value is -1.63. The highest BCUT2D eigenvalue weighted by Crippen LogP contribution is 2.31. The van der Waals surface area contributed by atoms with Crippen molar-refractivity contribution in [2.24, 2.45) is 0 Å². The monoisotopic (exact) mass is 348 g/mol. The number of nitrogens with one attached hydrogen (secondary N) is 2. The van der Waals surface area contributed by atoms with Crippen molar-refractivity contribution in [1.29, 1.82) is 0 Å². The molecule has 0 bridgehead atoms.